The van der Waals surface area contributed by atoms with E-state index in [4.69, 9.17) is 11.6 Å². The van der Waals surface area contributed by atoms with Crippen molar-refractivity contribution in [2.75, 3.05) is 18.0 Å². The van der Waals surface area contributed by atoms with Crippen LogP contribution in [0.5, 0.6) is 0 Å². The van der Waals surface area contributed by atoms with Crippen molar-refractivity contribution in [2.24, 2.45) is 7.05 Å². The predicted octanol–water partition coefficient (Wildman–Crippen LogP) is 3.66. The fourth-order valence-corrected chi connectivity index (χ4v) is 5.40. The molecule has 2 aliphatic rings. The van der Waals surface area contributed by atoms with Crippen molar-refractivity contribution < 1.29 is 9.59 Å². The zero-order valence-electron chi connectivity index (χ0n) is 18.8. The standard InChI is InChI=1S/C25H27ClN4O3/c1-15-14-17(6-7-18(15)26)16-10-12-29(13-11-16)19-4-3-5-20-23(19)28(2)25(33)30(20)21-8-9-22(31)27-24(21)32/h3-7,14,16,21H,8-13H2,1-2H3,(H,27,31,32). The number of fused-ring (bicyclic) bond motifs is 1. The maximum absolute atomic E-state index is 13.2. The summed E-state index contributed by atoms with van der Waals surface area (Å²) in [5, 5.41) is 3.16. The third-order valence-electron chi connectivity index (χ3n) is 7.09. The van der Waals surface area contributed by atoms with Crippen LogP contribution in [0.15, 0.2) is 41.2 Å². The molecule has 1 aromatic heterocycles. The molecule has 3 aromatic rings. The Balaban J connectivity index is 1.45. The molecule has 1 unspecified atom stereocenters. The molecule has 2 fully saturated rings. The monoisotopic (exact) mass is 466 g/mol. The second-order valence-corrected chi connectivity index (χ2v) is 9.50. The Morgan fingerprint density at radius 3 is 2.48 bits per heavy atom. The highest BCUT2D eigenvalue weighted by atomic mass is 35.5. The SMILES string of the molecule is Cc1cc(C2CCN(c3cccc4c3n(C)c(=O)n4C3CCC(=O)NC3=O)CC2)ccc1Cl. The van der Waals surface area contributed by atoms with Crippen molar-refractivity contribution in [1.29, 1.82) is 0 Å². The topological polar surface area (TPSA) is 76.3 Å². The maximum atomic E-state index is 13.2. The van der Waals surface area contributed by atoms with E-state index in [1.165, 1.54) is 5.56 Å². The lowest BCUT2D eigenvalue weighted by Crippen LogP contribution is -2.44. The number of piperidine rings is 2. The number of para-hydroxylation sites is 1. The molecule has 8 heteroatoms. The highest BCUT2D eigenvalue weighted by Crippen LogP contribution is 2.35. The van der Waals surface area contributed by atoms with Gasteiger partial charge in [0.05, 0.1) is 16.7 Å². The molecular weight excluding hydrogens is 440 g/mol. The summed E-state index contributed by atoms with van der Waals surface area (Å²) in [5.41, 5.74) is 4.75. The Hall–Kier alpha value is -3.06. The van der Waals surface area contributed by atoms with Gasteiger partial charge in [-0.1, -0.05) is 29.8 Å². The van der Waals surface area contributed by atoms with Gasteiger partial charge in [0.1, 0.15) is 6.04 Å². The number of halogens is 1. The van der Waals surface area contributed by atoms with Crippen LogP contribution in [-0.4, -0.2) is 34.0 Å². The van der Waals surface area contributed by atoms with E-state index in [0.29, 0.717) is 12.3 Å². The van der Waals surface area contributed by atoms with E-state index in [9.17, 15) is 14.4 Å². The van der Waals surface area contributed by atoms with Gasteiger partial charge in [-0.05, 0) is 61.4 Å². The Labute approximate surface area is 196 Å². The van der Waals surface area contributed by atoms with Gasteiger partial charge in [-0.2, -0.15) is 0 Å². The Morgan fingerprint density at radius 1 is 1.03 bits per heavy atom. The van der Waals surface area contributed by atoms with Gasteiger partial charge < -0.3 is 4.90 Å². The van der Waals surface area contributed by atoms with Crippen LogP contribution in [0.4, 0.5) is 5.69 Å². The van der Waals surface area contributed by atoms with Gasteiger partial charge in [0, 0.05) is 31.6 Å². The van der Waals surface area contributed by atoms with Crippen molar-refractivity contribution >= 4 is 40.1 Å². The number of nitrogens with zero attached hydrogens (tertiary/aromatic N) is 3. The Bertz CT molecular complexity index is 1320. The molecule has 5 rings (SSSR count). The molecule has 0 radical (unpaired) electrons. The molecule has 1 atom stereocenters. The van der Waals surface area contributed by atoms with Crippen LogP contribution >= 0.6 is 11.6 Å². The number of imide groups is 1. The molecule has 0 spiro atoms. The molecule has 2 amide bonds. The number of hydrogen-bond donors (Lipinski definition) is 1. The van der Waals surface area contributed by atoms with Gasteiger partial charge in [0.2, 0.25) is 11.8 Å². The normalized spacial score (nSPS) is 19.8. The molecular formula is C25H27ClN4O3. The number of hydrogen-bond acceptors (Lipinski definition) is 4. The number of amides is 2. The number of anilines is 1. The van der Waals surface area contributed by atoms with Gasteiger partial charge in [0.25, 0.3) is 0 Å². The summed E-state index contributed by atoms with van der Waals surface area (Å²) in [5.74, 6) is -0.220. The highest BCUT2D eigenvalue weighted by Gasteiger charge is 2.32. The van der Waals surface area contributed by atoms with Crippen LogP contribution in [0.25, 0.3) is 11.0 Å². The molecule has 7 nitrogen and oxygen atoms in total. The number of nitrogens with one attached hydrogen (secondary N) is 1. The Kier molecular flexibility index (Phi) is 5.52. The molecule has 3 heterocycles. The first-order chi connectivity index (χ1) is 15.8. The summed E-state index contributed by atoms with van der Waals surface area (Å²) in [6.45, 7) is 3.79. The van der Waals surface area contributed by atoms with Crippen LogP contribution in [0.1, 0.15) is 48.8 Å². The van der Waals surface area contributed by atoms with Crippen LogP contribution in [0.2, 0.25) is 5.02 Å². The first kappa shape index (κ1) is 21.8. The minimum absolute atomic E-state index is 0.233. The molecule has 1 N–H and O–H groups in total. The van der Waals surface area contributed by atoms with Gasteiger partial charge in [0.15, 0.2) is 0 Å². The number of aryl methyl sites for hydroxylation is 2. The average Bonchev–Trinajstić information content (AvgIpc) is 3.06. The minimum Gasteiger partial charge on any atom is -0.370 e. The summed E-state index contributed by atoms with van der Waals surface area (Å²) in [7, 11) is 1.75. The fraction of sp³-hybridized carbons (Fsp3) is 0.400. The largest absolute Gasteiger partial charge is 0.370 e. The summed E-state index contributed by atoms with van der Waals surface area (Å²) < 4.78 is 3.17. The van der Waals surface area contributed by atoms with Crippen LogP contribution < -0.4 is 15.9 Å². The first-order valence-corrected chi connectivity index (χ1v) is 11.8. The molecule has 2 saturated heterocycles. The van der Waals surface area contributed by atoms with E-state index in [1.54, 1.807) is 16.2 Å². The number of rotatable bonds is 3. The van der Waals surface area contributed by atoms with Crippen molar-refractivity contribution in [3.8, 4) is 0 Å². The summed E-state index contributed by atoms with van der Waals surface area (Å²) in [6, 6.07) is 11.5. The lowest BCUT2D eigenvalue weighted by atomic mass is 9.88. The fourth-order valence-electron chi connectivity index (χ4n) is 5.28. The van der Waals surface area contributed by atoms with Crippen molar-refractivity contribution in [2.45, 2.75) is 44.6 Å². The maximum Gasteiger partial charge on any atom is 0.329 e. The van der Waals surface area contributed by atoms with Crippen LogP contribution in [0.3, 0.4) is 0 Å². The summed E-state index contributed by atoms with van der Waals surface area (Å²) in [4.78, 5) is 39.6. The van der Waals surface area contributed by atoms with Gasteiger partial charge in [-0.3, -0.25) is 24.0 Å². The van der Waals surface area contributed by atoms with Gasteiger partial charge in [-0.15, -0.1) is 0 Å². The second-order valence-electron chi connectivity index (χ2n) is 9.09. The van der Waals surface area contributed by atoms with Crippen LogP contribution in [-0.2, 0) is 16.6 Å². The van der Waals surface area contributed by atoms with E-state index in [1.807, 2.05) is 31.2 Å². The zero-order valence-corrected chi connectivity index (χ0v) is 19.6. The molecule has 0 bridgehead atoms. The van der Waals surface area contributed by atoms with Gasteiger partial charge >= 0.3 is 5.69 Å². The van der Waals surface area contributed by atoms with Crippen LogP contribution in [0, 0.1) is 6.92 Å². The van der Waals surface area contributed by atoms with E-state index in [2.05, 4.69) is 22.3 Å². The number of aromatic nitrogens is 2. The van der Waals surface area contributed by atoms with Crippen molar-refractivity contribution in [3.05, 3.63) is 63.0 Å². The quantitative estimate of drug-likeness (QED) is 0.597. The second kappa shape index (κ2) is 8.37. The van der Waals surface area contributed by atoms with E-state index in [0.717, 1.165) is 53.2 Å². The summed E-state index contributed by atoms with van der Waals surface area (Å²) >= 11 is 6.20. The number of carbonyl (C=O) groups is 2. The zero-order chi connectivity index (χ0) is 23.3. The molecule has 172 valence electrons. The predicted molar refractivity (Wildman–Crippen MR) is 129 cm³/mol. The van der Waals surface area contributed by atoms with E-state index >= 15 is 0 Å². The smallest absolute Gasteiger partial charge is 0.329 e. The summed E-state index contributed by atoms with van der Waals surface area (Å²) in [6.07, 6.45) is 2.59. The third kappa shape index (κ3) is 3.74. The van der Waals surface area contributed by atoms with Crippen molar-refractivity contribution in [3.63, 3.8) is 0 Å². The molecule has 2 aromatic carbocycles. The first-order valence-electron chi connectivity index (χ1n) is 11.4. The molecule has 0 aliphatic carbocycles. The number of benzene rings is 2. The van der Waals surface area contributed by atoms with Gasteiger partial charge in [-0.25, -0.2) is 4.79 Å². The number of imidazole rings is 1. The molecule has 33 heavy (non-hydrogen) atoms. The van der Waals surface area contributed by atoms with Crippen molar-refractivity contribution in [1.82, 2.24) is 14.5 Å². The van der Waals surface area contributed by atoms with E-state index in [-0.39, 0.29) is 18.0 Å². The highest BCUT2D eigenvalue weighted by molar-refractivity contribution is 6.31. The molecule has 2 aliphatic heterocycles. The third-order valence-corrected chi connectivity index (χ3v) is 7.52. The average molecular weight is 467 g/mol. The van der Waals surface area contributed by atoms with E-state index < -0.39 is 11.9 Å². The minimum atomic E-state index is -0.673. The lowest BCUT2D eigenvalue weighted by molar-refractivity contribution is -0.135. The molecule has 0 saturated carbocycles. The lowest BCUT2D eigenvalue weighted by Gasteiger charge is -2.34. The Morgan fingerprint density at radius 2 is 1.79 bits per heavy atom. The number of carbonyl (C=O) groups excluding carboxylic acids is 2.